The largest absolute Gasteiger partial charge is 0.463 e. The number of amidine groups is 1. The van der Waals surface area contributed by atoms with E-state index in [0.717, 1.165) is 18.0 Å². The van der Waals surface area contributed by atoms with Crippen molar-refractivity contribution in [3.63, 3.8) is 0 Å². The first kappa shape index (κ1) is 24.2. The summed E-state index contributed by atoms with van der Waals surface area (Å²) in [5.74, 6) is 3.89. The highest BCUT2D eigenvalue weighted by atomic mass is 32.3. The first-order chi connectivity index (χ1) is 16.0. The van der Waals surface area contributed by atoms with Crippen LogP contribution in [-0.2, 0) is 15.4 Å². The zero-order valence-electron chi connectivity index (χ0n) is 18.7. The van der Waals surface area contributed by atoms with E-state index in [4.69, 9.17) is 10.5 Å². The molecule has 178 valence electrons. The number of thioether (sulfide) groups is 1. The van der Waals surface area contributed by atoms with Crippen LogP contribution in [-0.4, -0.2) is 40.5 Å². The molecule has 34 heavy (non-hydrogen) atoms. The fourth-order valence-electron chi connectivity index (χ4n) is 4.14. The van der Waals surface area contributed by atoms with Gasteiger partial charge in [-0.2, -0.15) is 0 Å². The van der Waals surface area contributed by atoms with Gasteiger partial charge in [-0.1, -0.05) is 23.7 Å². The molecule has 7 nitrogen and oxygen atoms in total. The fourth-order valence-corrected chi connectivity index (χ4v) is 7.43. The minimum atomic E-state index is -3.48. The first-order valence-corrected chi connectivity index (χ1v) is 13.0. The molecule has 0 saturated heterocycles. The second-order valence-electron chi connectivity index (χ2n) is 8.23. The molecule has 0 spiro atoms. The maximum atomic E-state index is 14.9. The fraction of sp³-hybridized carbons (Fsp3) is 0.348. The smallest absolute Gasteiger partial charge is 0.233 e. The Morgan fingerprint density at radius 1 is 1.38 bits per heavy atom. The highest BCUT2D eigenvalue weighted by molar-refractivity contribution is 8.24. The zero-order valence-corrected chi connectivity index (χ0v) is 20.3. The maximum Gasteiger partial charge on any atom is 0.233 e. The van der Waals surface area contributed by atoms with Gasteiger partial charge in [0, 0.05) is 17.7 Å². The van der Waals surface area contributed by atoms with Gasteiger partial charge in [-0.25, -0.2) is 27.2 Å². The van der Waals surface area contributed by atoms with Crippen LogP contribution >= 0.6 is 11.8 Å². The standard InChI is InChI=1S/C23H22F2N4O3S2/c1-4-5-8-32-20-13-27-18(12-28-20)17(25)10-14-6-7-16(24)15(9-14)22(2)19-11-23(19,34(3,30)31)33-21(26)29-22/h6-7,9-10,12-13,19H,8,11H2,1-3H3,(H2,26,29)/t19-,22+,23+/m0/s1. The summed E-state index contributed by atoms with van der Waals surface area (Å²) < 4.78 is 58.9. The van der Waals surface area contributed by atoms with Crippen LogP contribution in [0.5, 0.6) is 5.88 Å². The molecular formula is C23H22F2N4O3S2. The van der Waals surface area contributed by atoms with E-state index in [1.54, 1.807) is 13.8 Å². The van der Waals surface area contributed by atoms with Crippen LogP contribution in [0.4, 0.5) is 8.78 Å². The maximum absolute atomic E-state index is 14.9. The number of sulfone groups is 1. The molecule has 1 fully saturated rings. The molecule has 2 heterocycles. The van der Waals surface area contributed by atoms with Gasteiger partial charge in [-0.3, -0.25) is 4.99 Å². The predicted octanol–water partition coefficient (Wildman–Crippen LogP) is 3.52. The Bertz CT molecular complexity index is 1370. The quantitative estimate of drug-likeness (QED) is 0.600. The molecule has 1 aromatic heterocycles. The average Bonchev–Trinajstić information content (AvgIpc) is 3.53. The Balaban J connectivity index is 1.64. The van der Waals surface area contributed by atoms with Crippen molar-refractivity contribution in [1.29, 1.82) is 0 Å². The van der Waals surface area contributed by atoms with Crippen molar-refractivity contribution in [2.45, 2.75) is 29.9 Å². The van der Waals surface area contributed by atoms with Crippen LogP contribution in [0.25, 0.3) is 11.9 Å². The number of aromatic nitrogens is 2. The Morgan fingerprint density at radius 3 is 2.79 bits per heavy atom. The van der Waals surface area contributed by atoms with Gasteiger partial charge in [0.25, 0.3) is 0 Å². The summed E-state index contributed by atoms with van der Waals surface area (Å²) in [6.45, 7) is 3.49. The Labute approximate surface area is 200 Å². The second kappa shape index (κ2) is 8.67. The van der Waals surface area contributed by atoms with Gasteiger partial charge in [0.15, 0.2) is 27.4 Å². The van der Waals surface area contributed by atoms with Crippen molar-refractivity contribution < 1.29 is 21.9 Å². The summed E-state index contributed by atoms with van der Waals surface area (Å²) >= 11 is 1.00. The Hall–Kier alpha value is -2.97. The highest BCUT2D eigenvalue weighted by Crippen LogP contribution is 2.68. The van der Waals surface area contributed by atoms with E-state index in [1.165, 1.54) is 36.7 Å². The molecule has 0 amide bonds. The van der Waals surface area contributed by atoms with Crippen LogP contribution in [0, 0.1) is 23.6 Å². The minimum absolute atomic E-state index is 0.0272. The van der Waals surface area contributed by atoms with Crippen molar-refractivity contribution in [3.8, 4) is 17.7 Å². The summed E-state index contributed by atoms with van der Waals surface area (Å²) in [6.07, 6.45) is 5.16. The lowest BCUT2D eigenvalue weighted by Gasteiger charge is -2.33. The topological polar surface area (TPSA) is 108 Å². The van der Waals surface area contributed by atoms with E-state index in [-0.39, 0.29) is 28.9 Å². The Morgan fingerprint density at radius 2 is 2.15 bits per heavy atom. The van der Waals surface area contributed by atoms with Gasteiger partial charge in [-0.15, -0.1) is 5.92 Å². The number of nitrogens with two attached hydrogens (primary N) is 1. The monoisotopic (exact) mass is 504 g/mol. The van der Waals surface area contributed by atoms with Crippen LogP contribution < -0.4 is 10.5 Å². The summed E-state index contributed by atoms with van der Waals surface area (Å²) in [7, 11) is -3.48. The number of nitrogens with zero attached hydrogens (tertiary/aromatic N) is 3. The van der Waals surface area contributed by atoms with E-state index in [1.807, 2.05) is 0 Å². The zero-order chi connectivity index (χ0) is 24.7. The summed E-state index contributed by atoms with van der Waals surface area (Å²) in [5.41, 5.74) is 5.24. The molecule has 3 atom stereocenters. The van der Waals surface area contributed by atoms with Gasteiger partial charge < -0.3 is 10.5 Å². The molecule has 0 unspecified atom stereocenters. The van der Waals surface area contributed by atoms with E-state index < -0.39 is 37.0 Å². The highest BCUT2D eigenvalue weighted by Gasteiger charge is 2.72. The lowest BCUT2D eigenvalue weighted by atomic mass is 9.86. The Kier molecular flexibility index (Phi) is 6.16. The van der Waals surface area contributed by atoms with Gasteiger partial charge in [-0.05, 0) is 44.0 Å². The molecule has 0 radical (unpaired) electrons. The van der Waals surface area contributed by atoms with Crippen molar-refractivity contribution in [2.24, 2.45) is 16.6 Å². The van der Waals surface area contributed by atoms with Gasteiger partial charge in [0.2, 0.25) is 5.88 Å². The summed E-state index contributed by atoms with van der Waals surface area (Å²) in [5, 5.41) is 0.0794. The SMILES string of the molecule is CC#CCOc1cnc(C(F)=Cc2ccc(F)c([C@@]3(C)N=C(N)S[C@@]4(S(C)(=O)=O)C[C@H]43)c2)cn1. The predicted molar refractivity (Wildman–Crippen MR) is 129 cm³/mol. The van der Waals surface area contributed by atoms with Crippen LogP contribution in [0.15, 0.2) is 35.6 Å². The number of rotatable bonds is 6. The molecule has 2 aromatic rings. The van der Waals surface area contributed by atoms with Gasteiger partial charge in [0.05, 0.1) is 17.9 Å². The first-order valence-electron chi connectivity index (χ1n) is 10.3. The third-order valence-electron chi connectivity index (χ3n) is 5.96. The number of halogens is 2. The molecule has 11 heteroatoms. The van der Waals surface area contributed by atoms with Crippen LogP contribution in [0.3, 0.4) is 0 Å². The van der Waals surface area contributed by atoms with Crippen molar-refractivity contribution in [1.82, 2.24) is 9.97 Å². The molecule has 1 saturated carbocycles. The van der Waals surface area contributed by atoms with E-state index in [9.17, 15) is 17.2 Å². The lowest BCUT2D eigenvalue weighted by Crippen LogP contribution is -2.39. The summed E-state index contributed by atoms with van der Waals surface area (Å²) in [6, 6.07) is 4.08. The molecule has 2 N–H and O–H groups in total. The van der Waals surface area contributed by atoms with Crippen molar-refractivity contribution in [3.05, 3.63) is 53.2 Å². The summed E-state index contributed by atoms with van der Waals surface area (Å²) in [4.78, 5) is 12.4. The van der Waals surface area contributed by atoms with E-state index in [2.05, 4.69) is 26.8 Å². The number of hydrogen-bond donors (Lipinski definition) is 1. The molecule has 0 bridgehead atoms. The normalized spacial score (nSPS) is 26.1. The second-order valence-corrected chi connectivity index (χ2v) is 12.1. The average molecular weight is 505 g/mol. The third kappa shape index (κ3) is 4.28. The van der Waals surface area contributed by atoms with Crippen molar-refractivity contribution >= 4 is 38.7 Å². The molecule has 4 rings (SSSR count). The molecular weight excluding hydrogens is 482 g/mol. The lowest BCUT2D eigenvalue weighted by molar-refractivity contribution is 0.353. The molecule has 2 aliphatic rings. The number of benzene rings is 1. The van der Waals surface area contributed by atoms with Gasteiger partial charge in [0.1, 0.15) is 15.6 Å². The van der Waals surface area contributed by atoms with E-state index in [0.29, 0.717) is 12.0 Å². The van der Waals surface area contributed by atoms with Crippen LogP contribution in [0.1, 0.15) is 37.1 Å². The van der Waals surface area contributed by atoms with Gasteiger partial charge >= 0.3 is 0 Å². The van der Waals surface area contributed by atoms with Crippen LogP contribution in [0.2, 0.25) is 0 Å². The third-order valence-corrected chi connectivity index (χ3v) is 9.92. The minimum Gasteiger partial charge on any atom is -0.463 e. The number of ether oxygens (including phenoxy) is 1. The molecule has 1 aliphatic heterocycles. The number of hydrogen-bond acceptors (Lipinski definition) is 8. The number of fused-ring (bicyclic) bond motifs is 1. The van der Waals surface area contributed by atoms with Crippen molar-refractivity contribution in [2.75, 3.05) is 12.9 Å². The number of aliphatic imine (C=N–C) groups is 1. The molecule has 1 aromatic carbocycles. The van der Waals surface area contributed by atoms with E-state index >= 15 is 0 Å². The molecule has 1 aliphatic carbocycles.